The number of fused-ring (bicyclic) bond motifs is 1. The molecule has 0 atom stereocenters. The van der Waals surface area contributed by atoms with Crippen molar-refractivity contribution >= 4 is 27.8 Å². The molecule has 10 rings (SSSR count). The van der Waals surface area contributed by atoms with Crippen LogP contribution in [0.15, 0.2) is 249 Å². The van der Waals surface area contributed by atoms with Gasteiger partial charge in [-0.3, -0.25) is 0 Å². The quantitative estimate of drug-likeness (QED) is 0.142. The monoisotopic (exact) mass is 751 g/mol. The minimum Gasteiger partial charge on any atom is -0.310 e. The Labute approximate surface area is 346 Å². The van der Waals surface area contributed by atoms with Gasteiger partial charge in [-0.1, -0.05) is 218 Å². The molecule has 0 bridgehead atoms. The molecule has 0 saturated carbocycles. The summed E-state index contributed by atoms with van der Waals surface area (Å²) in [6.45, 7) is 0. The Morgan fingerprint density at radius 3 is 1.08 bits per heavy atom. The van der Waals surface area contributed by atoms with Gasteiger partial charge in [0.25, 0.3) is 0 Å². The molecule has 0 aliphatic carbocycles. The lowest BCUT2D eigenvalue weighted by atomic mass is 9.91. The maximum atomic E-state index is 2.40. The first-order valence-electron chi connectivity index (χ1n) is 20.3. The summed E-state index contributed by atoms with van der Waals surface area (Å²) >= 11 is 0. The van der Waals surface area contributed by atoms with E-state index in [2.05, 4.69) is 254 Å². The smallest absolute Gasteiger partial charge is 0.0540 e. The van der Waals surface area contributed by atoms with Crippen molar-refractivity contribution in [2.75, 3.05) is 4.90 Å². The fraction of sp³-hybridized carbons (Fsp3) is 0. The van der Waals surface area contributed by atoms with Crippen molar-refractivity contribution in [3.05, 3.63) is 249 Å². The second-order valence-corrected chi connectivity index (χ2v) is 14.9. The molecule has 0 heterocycles. The molecule has 0 fully saturated rings. The van der Waals surface area contributed by atoms with Crippen LogP contribution >= 0.6 is 0 Å². The number of nitrogens with zero attached hydrogens (tertiary/aromatic N) is 1. The molecule has 1 nitrogen and oxygen atoms in total. The van der Waals surface area contributed by atoms with Gasteiger partial charge in [0, 0.05) is 16.9 Å². The highest BCUT2D eigenvalue weighted by Gasteiger charge is 2.20. The third-order valence-electron chi connectivity index (χ3n) is 11.3. The van der Waals surface area contributed by atoms with Crippen molar-refractivity contribution in [3.8, 4) is 66.8 Å². The van der Waals surface area contributed by atoms with Gasteiger partial charge in [0.15, 0.2) is 0 Å². The molecule has 0 aliphatic heterocycles. The van der Waals surface area contributed by atoms with Gasteiger partial charge in [-0.2, -0.15) is 0 Å². The molecule has 0 N–H and O–H groups in total. The first-order valence-corrected chi connectivity index (χ1v) is 20.3. The van der Waals surface area contributed by atoms with Gasteiger partial charge in [-0.25, -0.2) is 0 Å². The first-order chi connectivity index (χ1) is 29.3. The second-order valence-electron chi connectivity index (χ2n) is 14.9. The van der Waals surface area contributed by atoms with Gasteiger partial charge >= 0.3 is 0 Å². The van der Waals surface area contributed by atoms with E-state index in [1.165, 1.54) is 72.0 Å². The zero-order valence-electron chi connectivity index (χ0n) is 32.6. The van der Waals surface area contributed by atoms with Gasteiger partial charge in [0.1, 0.15) is 0 Å². The third-order valence-corrected chi connectivity index (χ3v) is 11.3. The molecule has 59 heavy (non-hydrogen) atoms. The molecule has 10 aromatic rings. The van der Waals surface area contributed by atoms with Crippen LogP contribution < -0.4 is 4.90 Å². The van der Waals surface area contributed by atoms with Crippen LogP contribution in [0.25, 0.3) is 77.5 Å². The summed E-state index contributed by atoms with van der Waals surface area (Å²) in [5.41, 5.74) is 17.7. The van der Waals surface area contributed by atoms with Gasteiger partial charge in [-0.05, 0) is 102 Å². The number of benzene rings is 10. The predicted octanol–water partition coefficient (Wildman–Crippen LogP) is 16.3. The molecule has 1 heteroatoms. The van der Waals surface area contributed by atoms with Gasteiger partial charge in [-0.15, -0.1) is 0 Å². The lowest BCUT2D eigenvalue weighted by molar-refractivity contribution is 1.28. The molecule has 10 aromatic carbocycles. The Morgan fingerprint density at radius 2 is 0.542 bits per heavy atom. The normalized spacial score (nSPS) is 11.1. The molecule has 0 saturated heterocycles. The van der Waals surface area contributed by atoms with Crippen LogP contribution in [0.1, 0.15) is 0 Å². The van der Waals surface area contributed by atoms with Crippen molar-refractivity contribution in [1.29, 1.82) is 0 Å². The fourth-order valence-electron chi connectivity index (χ4n) is 8.43. The topological polar surface area (TPSA) is 3.24 Å². The van der Waals surface area contributed by atoms with Gasteiger partial charge in [0.2, 0.25) is 0 Å². The van der Waals surface area contributed by atoms with E-state index >= 15 is 0 Å². The van der Waals surface area contributed by atoms with E-state index in [4.69, 9.17) is 0 Å². The number of anilines is 3. The van der Waals surface area contributed by atoms with E-state index in [-0.39, 0.29) is 0 Å². The lowest BCUT2D eigenvalue weighted by Gasteiger charge is -2.29. The molecular weight excluding hydrogens is 711 g/mol. The van der Waals surface area contributed by atoms with Crippen LogP contribution in [0, 0.1) is 0 Å². The van der Waals surface area contributed by atoms with Crippen LogP contribution in [-0.2, 0) is 0 Å². The number of rotatable bonds is 9. The summed E-state index contributed by atoms with van der Waals surface area (Å²) < 4.78 is 0. The van der Waals surface area contributed by atoms with E-state index in [0.717, 1.165) is 22.6 Å². The van der Waals surface area contributed by atoms with Gasteiger partial charge in [0.05, 0.1) is 5.69 Å². The van der Waals surface area contributed by atoms with Crippen LogP contribution in [0.2, 0.25) is 0 Å². The minimum atomic E-state index is 1.09. The molecule has 278 valence electrons. The van der Waals surface area contributed by atoms with Crippen molar-refractivity contribution < 1.29 is 0 Å². The lowest BCUT2D eigenvalue weighted by Crippen LogP contribution is -2.11. The number of para-hydroxylation sites is 1. The first kappa shape index (κ1) is 35.7. The van der Waals surface area contributed by atoms with E-state index in [1.807, 2.05) is 0 Å². The van der Waals surface area contributed by atoms with Crippen LogP contribution in [0.5, 0.6) is 0 Å². The largest absolute Gasteiger partial charge is 0.310 e. The Kier molecular flexibility index (Phi) is 9.68. The molecular formula is C58H41N. The van der Waals surface area contributed by atoms with Gasteiger partial charge < -0.3 is 4.90 Å². The van der Waals surface area contributed by atoms with Crippen molar-refractivity contribution in [2.24, 2.45) is 0 Å². The summed E-state index contributed by atoms with van der Waals surface area (Å²) in [6, 6.07) is 89.8. The van der Waals surface area contributed by atoms with Crippen LogP contribution in [0.4, 0.5) is 17.1 Å². The maximum absolute atomic E-state index is 2.40. The zero-order valence-corrected chi connectivity index (χ0v) is 32.6. The molecule has 0 radical (unpaired) electrons. The SMILES string of the molecule is c1ccc(-c2ccc(-c3ccccc3-c3ccccc3N(c3ccc(-c4ccccc4)cc3)c3ccc(-c4cccc5cccc(-c6ccccc6)c45)cc3)cc2)cc1. The average Bonchev–Trinajstić information content (AvgIpc) is 3.33. The Balaban J connectivity index is 1.09. The standard InChI is InChI=1S/C58H41N/c1-4-16-42(17-5-1)44-30-32-47(33-31-44)52-24-10-11-25-55(52)56-26-12-13-29-57(56)59(50-38-34-45(35-39-50)43-18-6-2-7-19-43)51-40-36-48(37-41-51)54-28-15-23-49-22-14-27-53(58(49)54)46-20-8-3-9-21-46/h1-41H. The number of hydrogen-bond acceptors (Lipinski definition) is 1. The number of hydrogen-bond donors (Lipinski definition) is 0. The third kappa shape index (κ3) is 7.12. The van der Waals surface area contributed by atoms with E-state index < -0.39 is 0 Å². The highest BCUT2D eigenvalue weighted by molar-refractivity contribution is 6.06. The summed E-state index contributed by atoms with van der Waals surface area (Å²) in [6.07, 6.45) is 0. The average molecular weight is 752 g/mol. The summed E-state index contributed by atoms with van der Waals surface area (Å²) in [5.74, 6) is 0. The second kappa shape index (κ2) is 16.0. The van der Waals surface area contributed by atoms with E-state index in [0.29, 0.717) is 0 Å². The Hall–Kier alpha value is -7.74. The molecule has 0 aliphatic rings. The summed E-state index contributed by atoms with van der Waals surface area (Å²) in [4.78, 5) is 2.40. The van der Waals surface area contributed by atoms with Crippen LogP contribution in [0.3, 0.4) is 0 Å². The minimum absolute atomic E-state index is 1.09. The van der Waals surface area contributed by atoms with Crippen molar-refractivity contribution in [3.63, 3.8) is 0 Å². The summed E-state index contributed by atoms with van der Waals surface area (Å²) in [7, 11) is 0. The summed E-state index contributed by atoms with van der Waals surface area (Å²) in [5, 5.41) is 2.50. The highest BCUT2D eigenvalue weighted by atomic mass is 15.1. The maximum Gasteiger partial charge on any atom is 0.0540 e. The molecule has 0 aromatic heterocycles. The van der Waals surface area contributed by atoms with E-state index in [9.17, 15) is 0 Å². The van der Waals surface area contributed by atoms with Crippen LogP contribution in [-0.4, -0.2) is 0 Å². The zero-order chi connectivity index (χ0) is 39.4. The fourth-order valence-corrected chi connectivity index (χ4v) is 8.43. The Morgan fingerprint density at radius 1 is 0.203 bits per heavy atom. The molecule has 0 unspecified atom stereocenters. The van der Waals surface area contributed by atoms with E-state index in [1.54, 1.807) is 0 Å². The predicted molar refractivity (Wildman–Crippen MR) is 251 cm³/mol. The highest BCUT2D eigenvalue weighted by Crippen LogP contribution is 2.45. The van der Waals surface area contributed by atoms with Crippen molar-refractivity contribution in [2.45, 2.75) is 0 Å². The molecule has 0 spiro atoms. The Bertz CT molecular complexity index is 2980. The molecule has 0 amide bonds. The van der Waals surface area contributed by atoms with Crippen molar-refractivity contribution in [1.82, 2.24) is 0 Å².